The van der Waals surface area contributed by atoms with Crippen LogP contribution in [-0.4, -0.2) is 65.7 Å². The molecule has 67 heavy (non-hydrogen) atoms. The number of phenols is 2. The number of aromatic carboxylic acids is 1. The van der Waals surface area contributed by atoms with Gasteiger partial charge in [0, 0.05) is 82.0 Å². The van der Waals surface area contributed by atoms with E-state index in [2.05, 4.69) is 56.5 Å². The number of piperidine rings is 1. The number of hydrogen-bond donors (Lipinski definition) is 6. The fourth-order valence-electron chi connectivity index (χ4n) is 12.3. The molecule has 12 nitrogen and oxygen atoms in total. The van der Waals surface area contributed by atoms with E-state index in [1.165, 1.54) is 48.7 Å². The van der Waals surface area contributed by atoms with Crippen LogP contribution in [0.5, 0.6) is 17.2 Å². The maximum Gasteiger partial charge on any atom is 0.336 e. The van der Waals surface area contributed by atoms with Crippen LogP contribution in [0.2, 0.25) is 0 Å². The number of phenolic OH excluding ortho intramolecular Hbond substituents is 2. The SMILES string of the molecule is O=C(O)c1ccc(NC(=S)Nc2ccc(Cn3c4c(c5ccccc53)C[C@@]3(O)[C@H]5Cc6ccc(O)c7c6[C@@]3(CCN5CC3CC3)[C@H]4O7)cc2)cc1-c1c2ccc(=O)cc-2oc2cc(O)ccc12. The Kier molecular flexibility index (Phi) is 8.62. The van der Waals surface area contributed by atoms with Crippen molar-refractivity contribution in [2.45, 2.75) is 61.8 Å². The van der Waals surface area contributed by atoms with E-state index in [1.807, 2.05) is 18.2 Å². The quantitative estimate of drug-likeness (QED) is 0.0633. The summed E-state index contributed by atoms with van der Waals surface area (Å²) in [5, 5.41) is 53.8. The van der Waals surface area contributed by atoms with Gasteiger partial charge in [-0.15, -0.1) is 0 Å². The van der Waals surface area contributed by atoms with Crippen LogP contribution >= 0.6 is 12.2 Å². The molecule has 6 N–H and O–H groups in total. The van der Waals surface area contributed by atoms with Gasteiger partial charge in [-0.2, -0.15) is 0 Å². The van der Waals surface area contributed by atoms with Crippen LogP contribution in [-0.2, 0) is 24.8 Å². The lowest BCUT2D eigenvalue weighted by molar-refractivity contribution is -0.173. The van der Waals surface area contributed by atoms with Gasteiger partial charge in [0.15, 0.2) is 28.1 Å². The highest BCUT2D eigenvalue weighted by atomic mass is 32.1. The molecule has 1 saturated carbocycles. The Hall–Kier alpha value is -7.19. The molecule has 1 saturated heterocycles. The fraction of sp³-hybridized carbons (Fsp3) is 0.241. The van der Waals surface area contributed by atoms with Crippen LogP contribution in [0.3, 0.4) is 0 Å². The van der Waals surface area contributed by atoms with Crippen LogP contribution in [0.4, 0.5) is 11.4 Å². The van der Waals surface area contributed by atoms with Gasteiger partial charge < -0.3 is 44.8 Å². The van der Waals surface area contributed by atoms with Gasteiger partial charge in [-0.25, -0.2) is 4.79 Å². The minimum absolute atomic E-state index is 0.0317. The van der Waals surface area contributed by atoms with E-state index in [9.17, 15) is 30.0 Å². The third kappa shape index (κ3) is 5.94. The van der Waals surface area contributed by atoms with Gasteiger partial charge in [0.05, 0.1) is 22.3 Å². The van der Waals surface area contributed by atoms with Crippen molar-refractivity contribution in [2.75, 3.05) is 23.7 Å². The Bertz CT molecular complexity index is 3470. The predicted octanol–water partition coefficient (Wildman–Crippen LogP) is 9.19. The van der Waals surface area contributed by atoms with Crippen molar-refractivity contribution >= 4 is 56.5 Å². The summed E-state index contributed by atoms with van der Waals surface area (Å²) >= 11 is 5.80. The molecule has 4 aliphatic carbocycles. The van der Waals surface area contributed by atoms with Gasteiger partial charge in [-0.1, -0.05) is 36.4 Å². The lowest BCUT2D eigenvalue weighted by Crippen LogP contribution is -2.74. The lowest BCUT2D eigenvalue weighted by Gasteiger charge is -2.63. The average molecular weight is 909 g/mol. The van der Waals surface area contributed by atoms with Crippen LogP contribution in [0.1, 0.15) is 63.7 Å². The third-order valence-corrected chi connectivity index (χ3v) is 15.5. The molecule has 0 amide bonds. The molecule has 1 spiro atoms. The second kappa shape index (κ2) is 14.4. The van der Waals surface area contributed by atoms with Crippen LogP contribution in [0.25, 0.3) is 44.3 Å². The van der Waals surface area contributed by atoms with Crippen molar-refractivity contribution in [1.29, 1.82) is 0 Å². The number of carboxylic acid groups (broad SMARTS) is 1. The van der Waals surface area contributed by atoms with Crippen molar-refractivity contribution in [1.82, 2.24) is 9.47 Å². The zero-order valence-electron chi connectivity index (χ0n) is 36.1. The first-order valence-electron chi connectivity index (χ1n) is 22.8. The number of carboxylic acids is 1. The van der Waals surface area contributed by atoms with E-state index < -0.39 is 23.1 Å². The summed E-state index contributed by atoms with van der Waals surface area (Å²) in [6.45, 7) is 2.43. The average Bonchev–Trinajstić information content (AvgIpc) is 3.99. The minimum atomic E-state index is -1.14. The number of aromatic hydroxyl groups is 2. The number of para-hydroxylation sites is 1. The topological polar surface area (TPSA) is 170 Å². The van der Waals surface area contributed by atoms with Crippen molar-refractivity contribution in [2.24, 2.45) is 5.92 Å². The molecule has 1 aromatic heterocycles. The molecule has 2 fully saturated rings. The van der Waals surface area contributed by atoms with Gasteiger partial charge in [0.2, 0.25) is 0 Å². The number of carbonyl (C=O) groups is 1. The van der Waals surface area contributed by atoms with Crippen molar-refractivity contribution < 1.29 is 34.4 Å². The van der Waals surface area contributed by atoms with Crippen LogP contribution < -0.4 is 20.8 Å². The number of nitrogens with one attached hydrogen (secondary N) is 2. The molecule has 5 aromatic carbocycles. The lowest BCUT2D eigenvalue weighted by atomic mass is 9.49. The highest BCUT2D eigenvalue weighted by molar-refractivity contribution is 7.80. The smallest absolute Gasteiger partial charge is 0.336 e. The molecular weight excluding hydrogens is 865 g/mol. The summed E-state index contributed by atoms with van der Waals surface area (Å²) in [7, 11) is 0. The molecular formula is C54H44N4O8S. The number of likely N-dealkylation sites (tertiary alicyclic amines) is 1. The van der Waals surface area contributed by atoms with E-state index in [0.717, 1.165) is 64.9 Å². The maximum atomic E-state index is 13.4. The number of aromatic nitrogens is 1. The summed E-state index contributed by atoms with van der Waals surface area (Å²) < 4.78 is 15.4. The molecule has 13 heteroatoms. The molecule has 0 radical (unpaired) electrons. The normalized spacial score (nSPS) is 22.3. The number of nitrogens with zero attached hydrogens (tertiary/aromatic N) is 2. The summed E-state index contributed by atoms with van der Waals surface area (Å²) in [5.74, 6) is 0.417. The minimum Gasteiger partial charge on any atom is -0.508 e. The molecule has 7 aliphatic rings. The Morgan fingerprint density at radius 1 is 0.866 bits per heavy atom. The van der Waals surface area contributed by atoms with E-state index in [-0.39, 0.29) is 39.4 Å². The number of fused-ring (bicyclic) bond motifs is 6. The number of anilines is 2. The van der Waals surface area contributed by atoms with E-state index in [0.29, 0.717) is 58.0 Å². The molecule has 6 aromatic rings. The first kappa shape index (κ1) is 40.1. The third-order valence-electron chi connectivity index (χ3n) is 15.3. The summed E-state index contributed by atoms with van der Waals surface area (Å²) in [6, 6.07) is 34.1. The Morgan fingerprint density at radius 3 is 2.49 bits per heavy atom. The molecule has 4 atom stereocenters. The van der Waals surface area contributed by atoms with Crippen molar-refractivity contribution in [3.63, 3.8) is 0 Å². The van der Waals surface area contributed by atoms with Gasteiger partial charge in [-0.05, 0) is 139 Å². The fourth-order valence-corrected chi connectivity index (χ4v) is 12.5. The van der Waals surface area contributed by atoms with Crippen LogP contribution in [0.15, 0.2) is 124 Å². The van der Waals surface area contributed by atoms with E-state index in [1.54, 1.807) is 30.3 Å². The first-order chi connectivity index (χ1) is 32.5. The number of benzene rings is 6. The molecule has 2 bridgehead atoms. The largest absolute Gasteiger partial charge is 0.508 e. The van der Waals surface area contributed by atoms with Gasteiger partial charge in [0.25, 0.3) is 0 Å². The second-order valence-electron chi connectivity index (χ2n) is 19.1. The molecule has 0 unspecified atom stereocenters. The number of hydrogen-bond acceptors (Lipinski definition) is 9. The Labute approximate surface area is 389 Å². The Morgan fingerprint density at radius 2 is 1.67 bits per heavy atom. The van der Waals surface area contributed by atoms with Crippen molar-refractivity contribution in [3.05, 3.63) is 159 Å². The number of thiocarbonyl (C=S) groups is 1. The van der Waals surface area contributed by atoms with Gasteiger partial charge >= 0.3 is 5.97 Å². The van der Waals surface area contributed by atoms with E-state index in [4.69, 9.17) is 21.4 Å². The summed E-state index contributed by atoms with van der Waals surface area (Å²) in [5.41, 5.74) is 7.43. The molecule has 3 aliphatic heterocycles. The predicted molar refractivity (Wildman–Crippen MR) is 259 cm³/mol. The Balaban J connectivity index is 0.808. The molecule has 4 heterocycles. The zero-order chi connectivity index (χ0) is 45.5. The number of ether oxygens (including phenoxy) is 1. The maximum absolute atomic E-state index is 13.4. The van der Waals surface area contributed by atoms with Gasteiger partial charge in [0.1, 0.15) is 17.1 Å². The molecule has 13 rings (SSSR count). The highest BCUT2D eigenvalue weighted by Gasteiger charge is 2.73. The standard InChI is InChI=1S/C54H44N4O8S/c59-33-13-16-37-43(23-33)65-44-24-34(60)14-17-38(44)46(37)39-22-32(12-15-36(39)51(62)63)56-52(67)55-31-10-7-29(8-11-31)27-58-41-4-2-1-3-35(41)40-25-54(64)45-21-30-9-18-42(61)49-47(30)53(54,50(66-49)48(40)58)19-20-57(45)26-28-5-6-28/h1-4,7-18,22-24,28,45,50,59,61,64H,5-6,19-21,25-27H2,(H,62,63)(H2,55,56,67)/t45-,50+,53+,54-/m1/s1. The zero-order valence-corrected chi connectivity index (χ0v) is 36.9. The monoisotopic (exact) mass is 908 g/mol. The second-order valence-corrected chi connectivity index (χ2v) is 19.5. The summed E-state index contributed by atoms with van der Waals surface area (Å²) in [6.07, 6.45) is 3.99. The highest BCUT2D eigenvalue weighted by Crippen LogP contribution is 2.69. The van der Waals surface area contributed by atoms with E-state index >= 15 is 0 Å². The van der Waals surface area contributed by atoms with Crippen LogP contribution in [0, 0.1) is 5.92 Å². The number of aliphatic hydroxyl groups is 1. The van der Waals surface area contributed by atoms with Crippen molar-refractivity contribution in [3.8, 4) is 39.7 Å². The number of rotatable bonds is 8. The summed E-state index contributed by atoms with van der Waals surface area (Å²) in [4.78, 5) is 27.5. The van der Waals surface area contributed by atoms with Gasteiger partial charge in [-0.3, -0.25) is 9.69 Å². The first-order valence-corrected chi connectivity index (χ1v) is 23.2. The molecule has 334 valence electrons.